The average molecular weight is 324 g/mol. The topological polar surface area (TPSA) is 50.4 Å². The molecule has 1 atom stereocenters. The van der Waals surface area contributed by atoms with Crippen molar-refractivity contribution >= 4 is 5.91 Å². The third-order valence-electron chi connectivity index (χ3n) is 4.18. The van der Waals surface area contributed by atoms with Crippen molar-refractivity contribution in [3.8, 4) is 16.9 Å². The Kier molecular flexibility index (Phi) is 5.16. The van der Waals surface area contributed by atoms with E-state index in [0.717, 1.165) is 25.3 Å². The summed E-state index contributed by atoms with van der Waals surface area (Å²) in [6, 6.07) is 16.9. The van der Waals surface area contributed by atoms with Gasteiger partial charge in [-0.2, -0.15) is 0 Å². The van der Waals surface area contributed by atoms with Crippen molar-refractivity contribution < 1.29 is 9.53 Å². The van der Waals surface area contributed by atoms with E-state index in [2.05, 4.69) is 47.0 Å². The fraction of sp³-hybridized carbons (Fsp3) is 0.350. The van der Waals surface area contributed by atoms with Crippen molar-refractivity contribution in [3.05, 3.63) is 54.1 Å². The Morgan fingerprint density at radius 3 is 2.21 bits per heavy atom. The summed E-state index contributed by atoms with van der Waals surface area (Å²) >= 11 is 0. The highest BCUT2D eigenvalue weighted by molar-refractivity contribution is 5.73. The molecule has 4 heteroatoms. The van der Waals surface area contributed by atoms with Crippen LogP contribution in [0.4, 0.5) is 0 Å². The van der Waals surface area contributed by atoms with Gasteiger partial charge in [0.05, 0.1) is 0 Å². The van der Waals surface area contributed by atoms with Crippen molar-refractivity contribution in [2.24, 2.45) is 0 Å². The Hall–Kier alpha value is -2.33. The molecule has 0 aromatic heterocycles. The number of benzene rings is 2. The molecule has 1 aliphatic rings. The van der Waals surface area contributed by atoms with E-state index in [9.17, 15) is 4.79 Å². The van der Waals surface area contributed by atoms with E-state index < -0.39 is 0 Å². The van der Waals surface area contributed by atoms with E-state index in [-0.39, 0.29) is 11.9 Å². The first-order valence-electron chi connectivity index (χ1n) is 8.44. The lowest BCUT2D eigenvalue weighted by molar-refractivity contribution is -0.119. The second-order valence-corrected chi connectivity index (χ2v) is 6.43. The fourth-order valence-corrected chi connectivity index (χ4v) is 2.85. The normalized spacial score (nSPS) is 15.4. The van der Waals surface area contributed by atoms with E-state index >= 15 is 0 Å². The summed E-state index contributed by atoms with van der Waals surface area (Å²) in [5.74, 6) is 0.935. The van der Waals surface area contributed by atoms with Crippen molar-refractivity contribution in [2.45, 2.75) is 32.4 Å². The Morgan fingerprint density at radius 1 is 1.12 bits per heavy atom. The summed E-state index contributed by atoms with van der Waals surface area (Å²) in [5.41, 5.74) is 3.58. The molecular formula is C20H24N2O2. The highest BCUT2D eigenvalue weighted by Crippen LogP contribution is 2.24. The molecule has 24 heavy (non-hydrogen) atoms. The molecule has 126 valence electrons. The molecule has 0 spiro atoms. The minimum absolute atomic E-state index is 0.0131. The van der Waals surface area contributed by atoms with Crippen LogP contribution >= 0.6 is 0 Å². The first kappa shape index (κ1) is 16.5. The van der Waals surface area contributed by atoms with Crippen LogP contribution in [0, 0.1) is 0 Å². The maximum atomic E-state index is 11.1. The number of nitrogens with one attached hydrogen (secondary N) is 2. The molecule has 4 nitrogen and oxygen atoms in total. The standard InChI is InChI=1S/C20H24N2O2/c1-14(22-15(2)23)11-16-3-5-17(6-4-16)18-7-9-19(10-8-18)24-20-12-21-13-20/h3-10,14,20-21H,11-13H2,1-2H3,(H,22,23). The van der Waals surface area contributed by atoms with Crippen LogP contribution in [0.25, 0.3) is 11.1 Å². The van der Waals surface area contributed by atoms with Crippen LogP contribution in [0.15, 0.2) is 48.5 Å². The predicted octanol–water partition coefficient (Wildman–Crippen LogP) is 2.77. The van der Waals surface area contributed by atoms with Gasteiger partial charge in [-0.15, -0.1) is 0 Å². The van der Waals surface area contributed by atoms with Crippen LogP contribution in [0.2, 0.25) is 0 Å². The Balaban J connectivity index is 1.61. The maximum absolute atomic E-state index is 11.1. The fourth-order valence-electron chi connectivity index (χ4n) is 2.85. The summed E-state index contributed by atoms with van der Waals surface area (Å²) in [6.45, 7) is 5.43. The van der Waals surface area contributed by atoms with Gasteiger partial charge in [-0.1, -0.05) is 36.4 Å². The van der Waals surface area contributed by atoms with Crippen LogP contribution in [0.5, 0.6) is 5.75 Å². The highest BCUT2D eigenvalue weighted by Gasteiger charge is 2.17. The number of rotatable bonds is 6. The molecule has 3 rings (SSSR count). The smallest absolute Gasteiger partial charge is 0.217 e. The van der Waals surface area contributed by atoms with Gasteiger partial charge in [-0.05, 0) is 42.2 Å². The van der Waals surface area contributed by atoms with Gasteiger partial charge < -0.3 is 15.4 Å². The van der Waals surface area contributed by atoms with Crippen LogP contribution in [-0.4, -0.2) is 31.1 Å². The molecule has 2 aromatic carbocycles. The van der Waals surface area contributed by atoms with Gasteiger partial charge >= 0.3 is 0 Å². The number of ether oxygens (including phenoxy) is 1. The minimum Gasteiger partial charge on any atom is -0.488 e. The van der Waals surface area contributed by atoms with Gasteiger partial charge in [0, 0.05) is 26.1 Å². The molecular weight excluding hydrogens is 300 g/mol. The molecule has 1 fully saturated rings. The summed E-state index contributed by atoms with van der Waals surface area (Å²) in [7, 11) is 0. The SMILES string of the molecule is CC(=O)NC(C)Cc1ccc(-c2ccc(OC3CNC3)cc2)cc1. The molecule has 1 aliphatic heterocycles. The zero-order valence-electron chi connectivity index (χ0n) is 14.2. The van der Waals surface area contributed by atoms with E-state index in [0.29, 0.717) is 6.10 Å². The third kappa shape index (κ3) is 4.36. The number of hydrogen-bond donors (Lipinski definition) is 2. The molecule has 0 saturated carbocycles. The first-order chi connectivity index (χ1) is 11.6. The van der Waals surface area contributed by atoms with Crippen molar-refractivity contribution in [2.75, 3.05) is 13.1 Å². The molecule has 0 aliphatic carbocycles. The zero-order valence-corrected chi connectivity index (χ0v) is 14.2. The molecule has 0 bridgehead atoms. The second kappa shape index (κ2) is 7.49. The van der Waals surface area contributed by atoms with Crippen molar-refractivity contribution in [3.63, 3.8) is 0 Å². The summed E-state index contributed by atoms with van der Waals surface area (Å²) in [4.78, 5) is 11.1. The van der Waals surface area contributed by atoms with Crippen molar-refractivity contribution in [1.82, 2.24) is 10.6 Å². The van der Waals surface area contributed by atoms with E-state index in [1.54, 1.807) is 6.92 Å². The quantitative estimate of drug-likeness (QED) is 0.859. The monoisotopic (exact) mass is 324 g/mol. The molecule has 1 saturated heterocycles. The van der Waals surface area contributed by atoms with Crippen LogP contribution in [0.3, 0.4) is 0 Å². The van der Waals surface area contributed by atoms with Crippen LogP contribution in [0.1, 0.15) is 19.4 Å². The van der Waals surface area contributed by atoms with Gasteiger partial charge in [-0.3, -0.25) is 4.79 Å². The van der Waals surface area contributed by atoms with Gasteiger partial charge in [0.25, 0.3) is 0 Å². The van der Waals surface area contributed by atoms with Gasteiger partial charge in [0.1, 0.15) is 11.9 Å². The number of carbonyl (C=O) groups excluding carboxylic acids is 1. The van der Waals surface area contributed by atoms with E-state index in [4.69, 9.17) is 4.74 Å². The average Bonchev–Trinajstić information content (AvgIpc) is 2.51. The Labute approximate surface area is 143 Å². The summed E-state index contributed by atoms with van der Waals surface area (Å²) in [5, 5.41) is 6.11. The largest absolute Gasteiger partial charge is 0.488 e. The first-order valence-corrected chi connectivity index (χ1v) is 8.44. The summed E-state index contributed by atoms with van der Waals surface area (Å²) in [6.07, 6.45) is 1.14. The number of amides is 1. The summed E-state index contributed by atoms with van der Waals surface area (Å²) < 4.78 is 5.84. The van der Waals surface area contributed by atoms with Gasteiger partial charge in [-0.25, -0.2) is 0 Å². The number of carbonyl (C=O) groups is 1. The maximum Gasteiger partial charge on any atom is 0.217 e. The lowest BCUT2D eigenvalue weighted by Crippen LogP contribution is -2.50. The molecule has 1 amide bonds. The minimum atomic E-state index is 0.0131. The Bertz CT molecular complexity index is 676. The zero-order chi connectivity index (χ0) is 16.9. The van der Waals surface area contributed by atoms with E-state index in [1.165, 1.54) is 16.7 Å². The molecule has 1 heterocycles. The predicted molar refractivity (Wildman–Crippen MR) is 96.1 cm³/mol. The highest BCUT2D eigenvalue weighted by atomic mass is 16.5. The lowest BCUT2D eigenvalue weighted by Gasteiger charge is -2.27. The van der Waals surface area contributed by atoms with E-state index in [1.807, 2.05) is 19.1 Å². The molecule has 2 N–H and O–H groups in total. The molecule has 0 radical (unpaired) electrons. The van der Waals surface area contributed by atoms with Crippen molar-refractivity contribution in [1.29, 1.82) is 0 Å². The Morgan fingerprint density at radius 2 is 1.71 bits per heavy atom. The third-order valence-corrected chi connectivity index (χ3v) is 4.18. The van der Waals surface area contributed by atoms with Gasteiger partial charge in [0.15, 0.2) is 0 Å². The van der Waals surface area contributed by atoms with Gasteiger partial charge in [0.2, 0.25) is 5.91 Å². The lowest BCUT2D eigenvalue weighted by atomic mass is 10.0. The molecule has 1 unspecified atom stereocenters. The van der Waals surface area contributed by atoms with Crippen LogP contribution < -0.4 is 15.4 Å². The number of hydrogen-bond acceptors (Lipinski definition) is 3. The van der Waals surface area contributed by atoms with Crippen LogP contribution in [-0.2, 0) is 11.2 Å². The second-order valence-electron chi connectivity index (χ2n) is 6.43. The molecule has 2 aromatic rings.